The molecule has 1 amide bonds. The van der Waals surface area contributed by atoms with Gasteiger partial charge < -0.3 is 9.84 Å². The lowest BCUT2D eigenvalue weighted by Crippen LogP contribution is -2.27. The lowest BCUT2D eigenvalue weighted by atomic mass is 10.1. The Labute approximate surface area is 117 Å². The average molecular weight is 275 g/mol. The molecule has 1 rings (SSSR count). The van der Waals surface area contributed by atoms with E-state index in [1.165, 1.54) is 0 Å². The summed E-state index contributed by atoms with van der Waals surface area (Å²) in [4.78, 5) is 22.4. The monoisotopic (exact) mass is 275 g/mol. The number of carboxylic acid groups (broad SMARTS) is 1. The second kappa shape index (κ2) is 6.11. The van der Waals surface area contributed by atoms with E-state index in [0.717, 1.165) is 0 Å². The molecule has 0 atom stereocenters. The Morgan fingerprint density at radius 3 is 2.50 bits per heavy atom. The number of carbonyl (C=O) groups is 2. The Balaban J connectivity index is 2.92. The molecule has 0 fully saturated rings. The van der Waals surface area contributed by atoms with E-state index in [1.54, 1.807) is 39.0 Å². The summed E-state index contributed by atoms with van der Waals surface area (Å²) in [5, 5.41) is 11.3. The molecule has 0 aliphatic rings. The van der Waals surface area contributed by atoms with Gasteiger partial charge in [0.15, 0.2) is 0 Å². The maximum Gasteiger partial charge on any atom is 0.412 e. The molecule has 0 spiro atoms. The van der Waals surface area contributed by atoms with Gasteiger partial charge in [-0.2, -0.15) is 0 Å². The number of carbonyl (C=O) groups excluding carboxylic acids is 1. The van der Waals surface area contributed by atoms with Crippen molar-refractivity contribution < 1.29 is 19.4 Å². The maximum absolute atomic E-state index is 11.7. The van der Waals surface area contributed by atoms with Crippen LogP contribution < -0.4 is 5.32 Å². The fourth-order valence-corrected chi connectivity index (χ4v) is 1.55. The van der Waals surface area contributed by atoms with Crippen molar-refractivity contribution in [2.45, 2.75) is 32.8 Å². The van der Waals surface area contributed by atoms with Crippen LogP contribution in [0.5, 0.6) is 0 Å². The third-order valence-corrected chi connectivity index (χ3v) is 2.16. The van der Waals surface area contributed by atoms with Gasteiger partial charge in [-0.25, -0.2) is 4.79 Å². The fraction of sp³-hybridized carbons (Fsp3) is 0.333. The van der Waals surface area contributed by atoms with Crippen molar-refractivity contribution in [3.8, 4) is 12.3 Å². The number of benzene rings is 1. The van der Waals surface area contributed by atoms with Crippen molar-refractivity contribution in [2.24, 2.45) is 0 Å². The van der Waals surface area contributed by atoms with Crippen LogP contribution in [0.1, 0.15) is 31.9 Å². The topological polar surface area (TPSA) is 75.6 Å². The number of aliphatic carboxylic acids is 1. The first-order valence-electron chi connectivity index (χ1n) is 6.02. The van der Waals surface area contributed by atoms with Crippen molar-refractivity contribution >= 4 is 17.7 Å². The number of rotatable bonds is 3. The highest BCUT2D eigenvalue weighted by Crippen LogP contribution is 2.17. The highest BCUT2D eigenvalue weighted by Gasteiger charge is 2.16. The minimum Gasteiger partial charge on any atom is -0.481 e. The molecular weight excluding hydrogens is 258 g/mol. The third-order valence-electron chi connectivity index (χ3n) is 2.16. The number of nitrogens with one attached hydrogen (secondary N) is 1. The van der Waals surface area contributed by atoms with Crippen LogP contribution in [-0.4, -0.2) is 22.8 Å². The summed E-state index contributed by atoms with van der Waals surface area (Å²) in [6.07, 6.45) is 4.52. The summed E-state index contributed by atoms with van der Waals surface area (Å²) >= 11 is 0. The van der Waals surface area contributed by atoms with Crippen LogP contribution >= 0.6 is 0 Å². The van der Waals surface area contributed by atoms with E-state index >= 15 is 0 Å². The van der Waals surface area contributed by atoms with Crippen LogP contribution in [0.4, 0.5) is 10.5 Å². The molecule has 0 saturated heterocycles. The van der Waals surface area contributed by atoms with Gasteiger partial charge >= 0.3 is 12.1 Å². The van der Waals surface area contributed by atoms with E-state index in [-0.39, 0.29) is 6.42 Å². The second-order valence-corrected chi connectivity index (χ2v) is 5.26. The molecule has 106 valence electrons. The molecule has 0 bridgehead atoms. The Bertz CT molecular complexity index is 564. The third kappa shape index (κ3) is 5.44. The van der Waals surface area contributed by atoms with Gasteiger partial charge in [0.1, 0.15) is 5.60 Å². The molecule has 1 aromatic carbocycles. The Morgan fingerprint density at radius 1 is 1.35 bits per heavy atom. The molecular formula is C15H17NO4. The van der Waals surface area contributed by atoms with E-state index in [1.807, 2.05) is 0 Å². The zero-order valence-electron chi connectivity index (χ0n) is 11.7. The zero-order chi connectivity index (χ0) is 15.3. The number of ether oxygens (including phenoxy) is 1. The van der Waals surface area contributed by atoms with Crippen LogP contribution in [0.2, 0.25) is 0 Å². The lowest BCUT2D eigenvalue weighted by Gasteiger charge is -2.19. The van der Waals surface area contributed by atoms with E-state index in [0.29, 0.717) is 16.8 Å². The number of terminal acetylenes is 1. The molecule has 0 saturated carbocycles. The quantitative estimate of drug-likeness (QED) is 0.831. The van der Waals surface area contributed by atoms with Crippen LogP contribution in [0.15, 0.2) is 18.2 Å². The Kier molecular flexibility index (Phi) is 4.76. The molecule has 2 N–H and O–H groups in total. The Morgan fingerprint density at radius 2 is 2.00 bits per heavy atom. The molecule has 0 aromatic heterocycles. The van der Waals surface area contributed by atoms with Crippen molar-refractivity contribution in [2.75, 3.05) is 5.32 Å². The Hall–Kier alpha value is -2.48. The van der Waals surface area contributed by atoms with Gasteiger partial charge in [0, 0.05) is 11.3 Å². The number of anilines is 1. The molecule has 0 radical (unpaired) electrons. The fourth-order valence-electron chi connectivity index (χ4n) is 1.55. The summed E-state index contributed by atoms with van der Waals surface area (Å²) < 4.78 is 5.12. The summed E-state index contributed by atoms with van der Waals surface area (Å²) in [6.45, 7) is 5.25. The van der Waals surface area contributed by atoms with Gasteiger partial charge in [-0.15, -0.1) is 6.42 Å². The molecule has 0 aliphatic carbocycles. The van der Waals surface area contributed by atoms with Gasteiger partial charge in [0.05, 0.1) is 6.42 Å². The second-order valence-electron chi connectivity index (χ2n) is 5.26. The highest BCUT2D eigenvalue weighted by molar-refractivity contribution is 5.85. The van der Waals surface area contributed by atoms with E-state index in [4.69, 9.17) is 16.3 Å². The average Bonchev–Trinajstić information content (AvgIpc) is 2.24. The number of hydrogen-bond acceptors (Lipinski definition) is 3. The van der Waals surface area contributed by atoms with Crippen LogP contribution in [0, 0.1) is 12.3 Å². The first-order valence-corrected chi connectivity index (χ1v) is 6.02. The first-order chi connectivity index (χ1) is 9.19. The van der Waals surface area contributed by atoms with Crippen molar-refractivity contribution in [3.05, 3.63) is 29.3 Å². The molecule has 5 heteroatoms. The molecule has 0 aliphatic heterocycles. The van der Waals surface area contributed by atoms with Crippen molar-refractivity contribution in [3.63, 3.8) is 0 Å². The summed E-state index contributed by atoms with van der Waals surface area (Å²) in [7, 11) is 0. The number of amides is 1. The van der Waals surface area contributed by atoms with Gasteiger partial charge in [0.25, 0.3) is 0 Å². The van der Waals surface area contributed by atoms with E-state index in [2.05, 4.69) is 11.2 Å². The standard InChI is InChI=1S/C15H17NO4/c1-5-10-6-11(9-13(17)18)8-12(7-10)16-14(19)20-15(2,3)4/h1,6-8H,9H2,2-4H3,(H,16,19)(H,17,18). The molecule has 0 heterocycles. The van der Waals surface area contributed by atoms with Gasteiger partial charge in [-0.3, -0.25) is 10.1 Å². The van der Waals surface area contributed by atoms with Gasteiger partial charge in [-0.05, 0) is 44.5 Å². The molecule has 20 heavy (non-hydrogen) atoms. The molecule has 5 nitrogen and oxygen atoms in total. The lowest BCUT2D eigenvalue weighted by molar-refractivity contribution is -0.136. The summed E-state index contributed by atoms with van der Waals surface area (Å²) in [5.74, 6) is 1.45. The minimum atomic E-state index is -0.970. The van der Waals surface area contributed by atoms with Gasteiger partial charge in [-0.1, -0.05) is 5.92 Å². The number of hydrogen-bond donors (Lipinski definition) is 2. The summed E-state index contributed by atoms with van der Waals surface area (Å²) in [6, 6.07) is 4.72. The number of carboxylic acids is 1. The van der Waals surface area contributed by atoms with E-state index < -0.39 is 17.7 Å². The van der Waals surface area contributed by atoms with E-state index in [9.17, 15) is 9.59 Å². The molecule has 1 aromatic rings. The smallest absolute Gasteiger partial charge is 0.412 e. The zero-order valence-corrected chi connectivity index (χ0v) is 11.7. The highest BCUT2D eigenvalue weighted by atomic mass is 16.6. The summed E-state index contributed by atoms with van der Waals surface area (Å²) in [5.41, 5.74) is 0.803. The molecule has 0 unspecified atom stereocenters. The predicted octanol–water partition coefficient (Wildman–Crippen LogP) is 2.64. The van der Waals surface area contributed by atoms with Gasteiger partial charge in [0.2, 0.25) is 0 Å². The van der Waals surface area contributed by atoms with Crippen molar-refractivity contribution in [1.82, 2.24) is 0 Å². The van der Waals surface area contributed by atoms with Crippen LogP contribution in [0.3, 0.4) is 0 Å². The van der Waals surface area contributed by atoms with Crippen LogP contribution in [0.25, 0.3) is 0 Å². The largest absolute Gasteiger partial charge is 0.481 e. The maximum atomic E-state index is 11.7. The van der Waals surface area contributed by atoms with Crippen LogP contribution in [-0.2, 0) is 16.0 Å². The predicted molar refractivity (Wildman–Crippen MR) is 75.6 cm³/mol. The SMILES string of the molecule is C#Cc1cc(CC(=O)O)cc(NC(=O)OC(C)(C)C)c1. The normalized spacial score (nSPS) is 10.5. The first kappa shape index (κ1) is 15.6. The van der Waals surface area contributed by atoms with Crippen molar-refractivity contribution in [1.29, 1.82) is 0 Å². The minimum absolute atomic E-state index is 0.168.